The summed E-state index contributed by atoms with van der Waals surface area (Å²) >= 11 is 5.20. The van der Waals surface area contributed by atoms with E-state index < -0.39 is 12.1 Å². The van der Waals surface area contributed by atoms with E-state index in [-0.39, 0.29) is 31.0 Å². The third-order valence-corrected chi connectivity index (χ3v) is 2.22. The molecule has 0 aliphatic heterocycles. The lowest BCUT2D eigenvalue weighted by molar-refractivity contribution is -0.156. The SMILES string of the molecule is CC(C)C(O)C(=O)OCCCCC(=O)OCCl. The first-order valence-corrected chi connectivity index (χ1v) is 6.08. The van der Waals surface area contributed by atoms with Crippen molar-refractivity contribution in [2.45, 2.75) is 39.2 Å². The molecule has 0 saturated carbocycles. The molecule has 0 aromatic heterocycles. The van der Waals surface area contributed by atoms with E-state index in [0.717, 1.165) is 0 Å². The van der Waals surface area contributed by atoms with Crippen molar-refractivity contribution in [3.8, 4) is 0 Å². The van der Waals surface area contributed by atoms with Crippen LogP contribution in [0.25, 0.3) is 0 Å². The largest absolute Gasteiger partial charge is 0.464 e. The Labute approximate surface area is 106 Å². The fourth-order valence-electron chi connectivity index (χ4n) is 1.03. The first-order valence-electron chi connectivity index (χ1n) is 5.55. The third kappa shape index (κ3) is 7.99. The summed E-state index contributed by atoms with van der Waals surface area (Å²) < 4.78 is 9.36. The summed E-state index contributed by atoms with van der Waals surface area (Å²) in [6.07, 6.45) is 0.266. The molecule has 0 amide bonds. The molecule has 0 fully saturated rings. The van der Waals surface area contributed by atoms with E-state index in [1.807, 2.05) is 0 Å². The van der Waals surface area contributed by atoms with Gasteiger partial charge in [0, 0.05) is 6.42 Å². The molecule has 5 nitrogen and oxygen atoms in total. The van der Waals surface area contributed by atoms with Gasteiger partial charge in [-0.15, -0.1) is 0 Å². The molecule has 1 atom stereocenters. The van der Waals surface area contributed by atoms with Crippen molar-refractivity contribution < 1.29 is 24.2 Å². The molecular weight excluding hydrogens is 248 g/mol. The molecule has 0 radical (unpaired) electrons. The maximum Gasteiger partial charge on any atom is 0.335 e. The van der Waals surface area contributed by atoms with E-state index in [1.54, 1.807) is 13.8 Å². The minimum atomic E-state index is -1.09. The van der Waals surface area contributed by atoms with Gasteiger partial charge >= 0.3 is 11.9 Å². The highest BCUT2D eigenvalue weighted by Crippen LogP contribution is 2.04. The highest BCUT2D eigenvalue weighted by molar-refractivity contribution is 6.17. The van der Waals surface area contributed by atoms with Crippen LogP contribution in [-0.4, -0.2) is 35.8 Å². The standard InChI is InChI=1S/C11H19ClO5/c1-8(2)10(14)11(15)16-6-4-3-5-9(13)17-7-12/h8,10,14H,3-7H2,1-2H3. The molecule has 0 aromatic rings. The Balaban J connectivity index is 3.52. The Morgan fingerprint density at radius 2 is 1.88 bits per heavy atom. The van der Waals surface area contributed by atoms with Crippen LogP contribution in [0.15, 0.2) is 0 Å². The quantitative estimate of drug-likeness (QED) is 0.409. The van der Waals surface area contributed by atoms with Gasteiger partial charge in [-0.05, 0) is 18.8 Å². The first-order chi connectivity index (χ1) is 7.99. The van der Waals surface area contributed by atoms with Gasteiger partial charge in [0.25, 0.3) is 0 Å². The number of esters is 2. The lowest BCUT2D eigenvalue weighted by Crippen LogP contribution is -2.28. The molecule has 0 saturated heterocycles. The number of aliphatic hydroxyl groups is 1. The van der Waals surface area contributed by atoms with E-state index in [1.165, 1.54) is 0 Å². The summed E-state index contributed by atoms with van der Waals surface area (Å²) in [6, 6.07) is -0.144. The molecule has 0 aliphatic rings. The molecule has 17 heavy (non-hydrogen) atoms. The molecule has 100 valence electrons. The summed E-state index contributed by atoms with van der Waals surface area (Å²) in [7, 11) is 0. The minimum absolute atomic E-state index is 0.144. The predicted molar refractivity (Wildman–Crippen MR) is 62.5 cm³/mol. The zero-order valence-electron chi connectivity index (χ0n) is 10.1. The highest BCUT2D eigenvalue weighted by atomic mass is 35.5. The molecular formula is C11H19ClO5. The van der Waals surface area contributed by atoms with Crippen LogP contribution in [0.2, 0.25) is 0 Å². The van der Waals surface area contributed by atoms with Crippen LogP contribution in [0, 0.1) is 5.92 Å². The summed E-state index contributed by atoms with van der Waals surface area (Å²) in [6.45, 7) is 3.65. The van der Waals surface area contributed by atoms with Crippen LogP contribution >= 0.6 is 11.6 Å². The van der Waals surface area contributed by atoms with Gasteiger partial charge in [-0.3, -0.25) is 4.79 Å². The number of carbonyl (C=O) groups is 2. The molecule has 0 spiro atoms. The highest BCUT2D eigenvalue weighted by Gasteiger charge is 2.19. The molecule has 0 bridgehead atoms. The van der Waals surface area contributed by atoms with Crippen molar-refractivity contribution in [3.63, 3.8) is 0 Å². The second-order valence-corrected chi connectivity index (χ2v) is 4.16. The number of unbranched alkanes of at least 4 members (excludes halogenated alkanes) is 1. The molecule has 0 aliphatic carbocycles. The molecule has 1 unspecified atom stereocenters. The van der Waals surface area contributed by atoms with Gasteiger partial charge in [-0.2, -0.15) is 0 Å². The topological polar surface area (TPSA) is 72.8 Å². The van der Waals surface area contributed by atoms with Crippen LogP contribution in [0.4, 0.5) is 0 Å². The van der Waals surface area contributed by atoms with Gasteiger partial charge in [-0.1, -0.05) is 25.4 Å². The van der Waals surface area contributed by atoms with E-state index in [9.17, 15) is 14.7 Å². The summed E-state index contributed by atoms with van der Waals surface area (Å²) in [5.41, 5.74) is 0. The maximum absolute atomic E-state index is 11.2. The van der Waals surface area contributed by atoms with Crippen molar-refractivity contribution in [2.24, 2.45) is 5.92 Å². The van der Waals surface area contributed by atoms with Gasteiger partial charge in [0.2, 0.25) is 0 Å². The Bertz CT molecular complexity index is 242. The first kappa shape index (κ1) is 16.2. The lowest BCUT2D eigenvalue weighted by Gasteiger charge is -2.13. The molecule has 0 rings (SSSR count). The molecule has 0 heterocycles. The van der Waals surface area contributed by atoms with Crippen molar-refractivity contribution in [1.82, 2.24) is 0 Å². The van der Waals surface area contributed by atoms with Crippen LogP contribution in [-0.2, 0) is 19.1 Å². The summed E-state index contributed by atoms with van der Waals surface area (Å²) in [4.78, 5) is 22.1. The second-order valence-electron chi connectivity index (χ2n) is 3.94. The van der Waals surface area contributed by atoms with Gasteiger partial charge in [0.1, 0.15) is 0 Å². The Kier molecular flexibility index (Phi) is 8.80. The Hall–Kier alpha value is -0.810. The van der Waals surface area contributed by atoms with Gasteiger partial charge in [0.15, 0.2) is 12.2 Å². The normalized spacial score (nSPS) is 12.3. The average molecular weight is 267 g/mol. The van der Waals surface area contributed by atoms with Crippen LogP contribution in [0.5, 0.6) is 0 Å². The second kappa shape index (κ2) is 9.24. The molecule has 1 N–H and O–H groups in total. The van der Waals surface area contributed by atoms with Crippen molar-refractivity contribution in [3.05, 3.63) is 0 Å². The van der Waals surface area contributed by atoms with Crippen LogP contribution < -0.4 is 0 Å². The zero-order chi connectivity index (χ0) is 13.3. The molecule has 0 aromatic carbocycles. The van der Waals surface area contributed by atoms with Crippen LogP contribution in [0.3, 0.4) is 0 Å². The van der Waals surface area contributed by atoms with Gasteiger partial charge in [-0.25, -0.2) is 4.79 Å². The number of ether oxygens (including phenoxy) is 2. The smallest absolute Gasteiger partial charge is 0.335 e. The number of rotatable bonds is 8. The van der Waals surface area contributed by atoms with Gasteiger partial charge in [0.05, 0.1) is 6.61 Å². The number of hydrogen-bond acceptors (Lipinski definition) is 5. The fraction of sp³-hybridized carbons (Fsp3) is 0.818. The Morgan fingerprint density at radius 1 is 1.24 bits per heavy atom. The van der Waals surface area contributed by atoms with Crippen molar-refractivity contribution >= 4 is 23.5 Å². The third-order valence-electron chi connectivity index (χ3n) is 2.11. The minimum Gasteiger partial charge on any atom is -0.464 e. The number of alkyl halides is 1. The summed E-state index contributed by atoms with van der Waals surface area (Å²) in [5, 5.41) is 9.35. The van der Waals surface area contributed by atoms with E-state index in [0.29, 0.717) is 12.8 Å². The number of hydrogen-bond donors (Lipinski definition) is 1. The monoisotopic (exact) mass is 266 g/mol. The van der Waals surface area contributed by atoms with Crippen molar-refractivity contribution in [2.75, 3.05) is 12.7 Å². The maximum atomic E-state index is 11.2. The number of halogens is 1. The molecule has 6 heteroatoms. The lowest BCUT2D eigenvalue weighted by atomic mass is 10.1. The number of carbonyl (C=O) groups excluding carboxylic acids is 2. The predicted octanol–water partition coefficient (Wildman–Crippen LogP) is 1.46. The van der Waals surface area contributed by atoms with E-state index >= 15 is 0 Å². The summed E-state index contributed by atoms with van der Waals surface area (Å²) in [5.74, 6) is -1.15. The Morgan fingerprint density at radius 3 is 2.41 bits per heavy atom. The fourth-order valence-corrected chi connectivity index (χ4v) is 1.16. The van der Waals surface area contributed by atoms with Crippen molar-refractivity contribution in [1.29, 1.82) is 0 Å². The van der Waals surface area contributed by atoms with E-state index in [2.05, 4.69) is 4.74 Å². The van der Waals surface area contributed by atoms with E-state index in [4.69, 9.17) is 16.3 Å². The number of aliphatic hydroxyl groups excluding tert-OH is 1. The zero-order valence-corrected chi connectivity index (χ0v) is 10.9. The van der Waals surface area contributed by atoms with Gasteiger partial charge < -0.3 is 14.6 Å². The average Bonchev–Trinajstić information content (AvgIpc) is 2.27. The van der Waals surface area contributed by atoms with Crippen LogP contribution in [0.1, 0.15) is 33.1 Å².